The molecule has 1 atom stereocenters. The van der Waals surface area contributed by atoms with Gasteiger partial charge in [0.2, 0.25) is 0 Å². The Morgan fingerprint density at radius 3 is 2.93 bits per heavy atom. The fourth-order valence-corrected chi connectivity index (χ4v) is 1.44. The molecular formula is C10H21N3O. The lowest BCUT2D eigenvalue weighted by Gasteiger charge is -2.10. The molecule has 0 aromatic carbocycles. The second kappa shape index (κ2) is 5.86. The van der Waals surface area contributed by atoms with Gasteiger partial charge in [0, 0.05) is 12.5 Å². The zero-order valence-electron chi connectivity index (χ0n) is 8.87. The summed E-state index contributed by atoms with van der Waals surface area (Å²) in [7, 11) is 0. The molecule has 0 bridgehead atoms. The molecule has 1 aliphatic rings. The lowest BCUT2D eigenvalue weighted by molar-refractivity contribution is 0.314. The maximum absolute atomic E-state index is 8.42. The summed E-state index contributed by atoms with van der Waals surface area (Å²) in [6.07, 6.45) is 5.46. The van der Waals surface area contributed by atoms with Crippen molar-refractivity contribution < 1.29 is 5.21 Å². The van der Waals surface area contributed by atoms with Crippen molar-refractivity contribution in [3.8, 4) is 0 Å². The minimum absolute atomic E-state index is 0.112. The van der Waals surface area contributed by atoms with Gasteiger partial charge in [0.05, 0.1) is 0 Å². The van der Waals surface area contributed by atoms with E-state index in [2.05, 4.69) is 10.5 Å². The Hall–Kier alpha value is -0.770. The predicted octanol–water partition coefficient (Wildman–Crippen LogP) is 1.15. The topological polar surface area (TPSA) is 70.6 Å². The Labute approximate surface area is 85.6 Å². The standard InChI is InChI=1S/C10H21N3O/c1-8(10(11)13-14)7-12-6-2-3-9-4-5-9/h8-9,12,14H,2-7H2,1H3,(H2,11,13). The number of hydrogen-bond donors (Lipinski definition) is 3. The fourth-order valence-electron chi connectivity index (χ4n) is 1.44. The summed E-state index contributed by atoms with van der Waals surface area (Å²) in [5.74, 6) is 1.43. The van der Waals surface area contributed by atoms with Crippen LogP contribution in [0, 0.1) is 11.8 Å². The highest BCUT2D eigenvalue weighted by Gasteiger charge is 2.19. The highest BCUT2D eigenvalue weighted by atomic mass is 16.4. The van der Waals surface area contributed by atoms with E-state index in [1.54, 1.807) is 0 Å². The molecule has 1 fully saturated rings. The first-order valence-electron chi connectivity index (χ1n) is 5.42. The SMILES string of the molecule is CC(CNCCCC1CC1)C(N)=NO. The largest absolute Gasteiger partial charge is 0.409 e. The Bertz CT molecular complexity index is 190. The molecule has 1 saturated carbocycles. The number of hydrogen-bond acceptors (Lipinski definition) is 3. The summed E-state index contributed by atoms with van der Waals surface area (Å²) in [6, 6.07) is 0. The molecule has 0 heterocycles. The van der Waals surface area contributed by atoms with E-state index in [1.807, 2.05) is 6.92 Å². The summed E-state index contributed by atoms with van der Waals surface area (Å²) in [5.41, 5.74) is 5.45. The molecule has 1 unspecified atom stereocenters. The Morgan fingerprint density at radius 1 is 1.64 bits per heavy atom. The van der Waals surface area contributed by atoms with Gasteiger partial charge >= 0.3 is 0 Å². The molecule has 0 aliphatic heterocycles. The molecule has 4 nitrogen and oxygen atoms in total. The van der Waals surface area contributed by atoms with Crippen LogP contribution in [0.4, 0.5) is 0 Å². The van der Waals surface area contributed by atoms with Gasteiger partial charge in [0.15, 0.2) is 0 Å². The van der Waals surface area contributed by atoms with Crippen LogP contribution in [0.1, 0.15) is 32.6 Å². The molecule has 0 aromatic heterocycles. The molecule has 0 spiro atoms. The number of nitrogens with zero attached hydrogens (tertiary/aromatic N) is 1. The molecule has 14 heavy (non-hydrogen) atoms. The number of amidine groups is 1. The number of rotatable bonds is 7. The Morgan fingerprint density at radius 2 is 2.36 bits per heavy atom. The zero-order chi connectivity index (χ0) is 10.4. The van der Waals surface area contributed by atoms with Crippen molar-refractivity contribution >= 4 is 5.84 Å². The van der Waals surface area contributed by atoms with Crippen LogP contribution in [0.15, 0.2) is 5.16 Å². The maximum Gasteiger partial charge on any atom is 0.143 e. The number of nitrogens with two attached hydrogens (primary N) is 1. The smallest absolute Gasteiger partial charge is 0.143 e. The quantitative estimate of drug-likeness (QED) is 0.189. The van der Waals surface area contributed by atoms with Crippen LogP contribution >= 0.6 is 0 Å². The monoisotopic (exact) mass is 199 g/mol. The molecule has 0 aromatic rings. The first-order chi connectivity index (χ1) is 6.74. The van der Waals surface area contributed by atoms with E-state index in [-0.39, 0.29) is 5.92 Å². The van der Waals surface area contributed by atoms with Gasteiger partial charge in [-0.15, -0.1) is 0 Å². The highest BCUT2D eigenvalue weighted by molar-refractivity contribution is 5.82. The molecule has 1 rings (SSSR count). The molecule has 4 heteroatoms. The van der Waals surface area contributed by atoms with Gasteiger partial charge < -0.3 is 16.3 Å². The van der Waals surface area contributed by atoms with Gasteiger partial charge in [-0.05, 0) is 25.3 Å². The van der Waals surface area contributed by atoms with E-state index in [4.69, 9.17) is 10.9 Å². The van der Waals surface area contributed by atoms with Crippen molar-refractivity contribution in [3.05, 3.63) is 0 Å². The lowest BCUT2D eigenvalue weighted by atomic mass is 10.1. The third-order valence-corrected chi connectivity index (χ3v) is 2.73. The fraction of sp³-hybridized carbons (Fsp3) is 0.900. The van der Waals surface area contributed by atoms with Gasteiger partial charge in [-0.2, -0.15) is 0 Å². The molecule has 1 aliphatic carbocycles. The van der Waals surface area contributed by atoms with Crippen LogP contribution in [0.2, 0.25) is 0 Å². The second-order valence-electron chi connectivity index (χ2n) is 4.22. The summed E-state index contributed by atoms with van der Waals surface area (Å²) in [5, 5.41) is 14.7. The third-order valence-electron chi connectivity index (χ3n) is 2.73. The van der Waals surface area contributed by atoms with Crippen molar-refractivity contribution in [2.24, 2.45) is 22.7 Å². The minimum Gasteiger partial charge on any atom is -0.409 e. The Kier molecular flexibility index (Phi) is 4.73. The van der Waals surface area contributed by atoms with Crippen LogP contribution < -0.4 is 11.1 Å². The van der Waals surface area contributed by atoms with Crippen LogP contribution in [-0.4, -0.2) is 24.1 Å². The predicted molar refractivity (Wildman–Crippen MR) is 57.4 cm³/mol. The normalized spacial score (nSPS) is 19.6. The average molecular weight is 199 g/mol. The molecule has 0 amide bonds. The van der Waals surface area contributed by atoms with Crippen molar-refractivity contribution in [1.82, 2.24) is 5.32 Å². The van der Waals surface area contributed by atoms with Gasteiger partial charge in [-0.25, -0.2) is 0 Å². The number of nitrogens with one attached hydrogen (secondary N) is 1. The highest BCUT2D eigenvalue weighted by Crippen LogP contribution is 2.33. The summed E-state index contributed by atoms with van der Waals surface area (Å²) >= 11 is 0. The molecular weight excluding hydrogens is 178 g/mol. The van der Waals surface area contributed by atoms with Gasteiger partial charge in [0.1, 0.15) is 5.84 Å². The maximum atomic E-state index is 8.42. The van der Waals surface area contributed by atoms with E-state index in [0.29, 0.717) is 5.84 Å². The van der Waals surface area contributed by atoms with Gasteiger partial charge in [-0.3, -0.25) is 0 Å². The summed E-state index contributed by atoms with van der Waals surface area (Å²) < 4.78 is 0. The first kappa shape index (κ1) is 11.3. The van der Waals surface area contributed by atoms with Gasteiger partial charge in [0.25, 0.3) is 0 Å². The van der Waals surface area contributed by atoms with Crippen molar-refractivity contribution in [2.45, 2.75) is 32.6 Å². The van der Waals surface area contributed by atoms with E-state index >= 15 is 0 Å². The molecule has 82 valence electrons. The van der Waals surface area contributed by atoms with Crippen molar-refractivity contribution in [3.63, 3.8) is 0 Å². The van der Waals surface area contributed by atoms with Crippen LogP contribution in [0.5, 0.6) is 0 Å². The molecule has 0 saturated heterocycles. The summed E-state index contributed by atoms with van der Waals surface area (Å²) in [4.78, 5) is 0. The minimum atomic E-state index is 0.112. The first-order valence-corrected chi connectivity index (χ1v) is 5.42. The van der Waals surface area contributed by atoms with E-state index in [9.17, 15) is 0 Å². The van der Waals surface area contributed by atoms with Crippen molar-refractivity contribution in [1.29, 1.82) is 0 Å². The third kappa shape index (κ3) is 4.46. The van der Waals surface area contributed by atoms with Crippen molar-refractivity contribution in [2.75, 3.05) is 13.1 Å². The van der Waals surface area contributed by atoms with Crippen LogP contribution in [0.25, 0.3) is 0 Å². The zero-order valence-corrected chi connectivity index (χ0v) is 8.87. The van der Waals surface area contributed by atoms with E-state index < -0.39 is 0 Å². The van der Waals surface area contributed by atoms with E-state index in [1.165, 1.54) is 25.7 Å². The van der Waals surface area contributed by atoms with E-state index in [0.717, 1.165) is 19.0 Å². The van der Waals surface area contributed by atoms with Gasteiger partial charge in [-0.1, -0.05) is 24.9 Å². The van der Waals surface area contributed by atoms with Crippen LogP contribution in [-0.2, 0) is 0 Å². The average Bonchev–Trinajstić information content (AvgIpc) is 2.99. The Balaban J connectivity index is 1.91. The lowest BCUT2D eigenvalue weighted by Crippen LogP contribution is -2.31. The second-order valence-corrected chi connectivity index (χ2v) is 4.22. The summed E-state index contributed by atoms with van der Waals surface area (Å²) in [6.45, 7) is 3.78. The van der Waals surface area contributed by atoms with Crippen LogP contribution in [0.3, 0.4) is 0 Å². The molecule has 4 N–H and O–H groups in total. The molecule has 0 radical (unpaired) electrons. The number of oxime groups is 1.